The minimum atomic E-state index is 0.0483. The molecule has 146 valence electrons. The molecule has 1 N–H and O–H groups in total. The van der Waals surface area contributed by atoms with Gasteiger partial charge in [-0.2, -0.15) is 0 Å². The van der Waals surface area contributed by atoms with Crippen LogP contribution in [-0.4, -0.2) is 69.8 Å². The summed E-state index contributed by atoms with van der Waals surface area (Å²) in [6.07, 6.45) is 2.35. The highest BCUT2D eigenvalue weighted by atomic mass is 16.5. The van der Waals surface area contributed by atoms with Crippen molar-refractivity contribution >= 4 is 17.5 Å². The zero-order valence-corrected chi connectivity index (χ0v) is 15.8. The van der Waals surface area contributed by atoms with Crippen LogP contribution in [0.2, 0.25) is 0 Å². The molecule has 1 aromatic carbocycles. The molecule has 7 nitrogen and oxygen atoms in total. The van der Waals surface area contributed by atoms with Gasteiger partial charge < -0.3 is 24.6 Å². The summed E-state index contributed by atoms with van der Waals surface area (Å²) in [7, 11) is 1.65. The van der Waals surface area contributed by atoms with E-state index < -0.39 is 0 Å². The van der Waals surface area contributed by atoms with Gasteiger partial charge in [-0.15, -0.1) is 0 Å². The van der Waals surface area contributed by atoms with E-state index in [9.17, 15) is 9.59 Å². The summed E-state index contributed by atoms with van der Waals surface area (Å²) in [5, 5.41) is 2.94. The third kappa shape index (κ3) is 3.60. The lowest BCUT2D eigenvalue weighted by Gasteiger charge is -2.38. The molecule has 0 atom stereocenters. The summed E-state index contributed by atoms with van der Waals surface area (Å²) in [4.78, 5) is 28.8. The van der Waals surface area contributed by atoms with Gasteiger partial charge >= 0.3 is 0 Å². The zero-order chi connectivity index (χ0) is 18.9. The van der Waals surface area contributed by atoms with Gasteiger partial charge in [-0.05, 0) is 36.5 Å². The molecule has 2 amide bonds. The van der Waals surface area contributed by atoms with Crippen LogP contribution in [0.15, 0.2) is 18.2 Å². The van der Waals surface area contributed by atoms with Crippen LogP contribution in [0, 0.1) is 5.41 Å². The van der Waals surface area contributed by atoms with Crippen molar-refractivity contribution in [3.63, 3.8) is 0 Å². The maximum absolute atomic E-state index is 13.1. The normalized spacial score (nSPS) is 22.0. The number of ether oxygens (including phenoxy) is 2. The number of hydrogen-bond acceptors (Lipinski definition) is 5. The number of hydrogen-bond donors (Lipinski definition) is 1. The molecular weight excluding hydrogens is 346 g/mol. The first-order chi connectivity index (χ1) is 13.1. The highest BCUT2D eigenvalue weighted by molar-refractivity contribution is 5.96. The van der Waals surface area contributed by atoms with Gasteiger partial charge in [-0.25, -0.2) is 0 Å². The molecule has 3 fully saturated rings. The van der Waals surface area contributed by atoms with Gasteiger partial charge in [0.05, 0.1) is 26.0 Å². The Morgan fingerprint density at radius 2 is 1.93 bits per heavy atom. The van der Waals surface area contributed by atoms with Crippen molar-refractivity contribution in [2.45, 2.75) is 19.3 Å². The molecule has 27 heavy (non-hydrogen) atoms. The molecule has 1 aromatic rings. The summed E-state index contributed by atoms with van der Waals surface area (Å²) >= 11 is 0. The molecule has 4 rings (SSSR count). The average Bonchev–Trinajstić information content (AvgIpc) is 3.08. The minimum Gasteiger partial charge on any atom is -0.495 e. The van der Waals surface area contributed by atoms with Gasteiger partial charge in [0.15, 0.2) is 0 Å². The molecule has 7 heteroatoms. The zero-order valence-electron chi connectivity index (χ0n) is 15.8. The number of piperidine rings is 1. The molecule has 0 aliphatic carbocycles. The Hall–Kier alpha value is -2.28. The second-order valence-electron chi connectivity index (χ2n) is 7.73. The van der Waals surface area contributed by atoms with Gasteiger partial charge in [-0.3, -0.25) is 9.59 Å². The van der Waals surface area contributed by atoms with E-state index in [1.165, 1.54) is 0 Å². The second-order valence-corrected chi connectivity index (χ2v) is 7.73. The Morgan fingerprint density at radius 1 is 1.19 bits per heavy atom. The van der Waals surface area contributed by atoms with Crippen molar-refractivity contribution < 1.29 is 19.1 Å². The maximum atomic E-state index is 13.1. The monoisotopic (exact) mass is 373 g/mol. The van der Waals surface area contributed by atoms with E-state index in [-0.39, 0.29) is 17.2 Å². The topological polar surface area (TPSA) is 71.1 Å². The smallest absolute Gasteiger partial charge is 0.253 e. The molecule has 0 bridgehead atoms. The van der Waals surface area contributed by atoms with Crippen LogP contribution in [0.25, 0.3) is 0 Å². The van der Waals surface area contributed by atoms with Gasteiger partial charge in [0.25, 0.3) is 5.91 Å². The summed E-state index contributed by atoms with van der Waals surface area (Å²) in [5.74, 6) is 0.973. The van der Waals surface area contributed by atoms with E-state index in [1.54, 1.807) is 7.11 Å². The van der Waals surface area contributed by atoms with Crippen molar-refractivity contribution in [3.8, 4) is 5.75 Å². The van der Waals surface area contributed by atoms with Crippen molar-refractivity contribution in [1.82, 2.24) is 10.2 Å². The van der Waals surface area contributed by atoms with E-state index in [2.05, 4.69) is 10.2 Å². The predicted octanol–water partition coefficient (Wildman–Crippen LogP) is 1.27. The molecule has 0 saturated carbocycles. The minimum absolute atomic E-state index is 0.0483. The fourth-order valence-corrected chi connectivity index (χ4v) is 4.35. The Balaban J connectivity index is 1.48. The van der Waals surface area contributed by atoms with Crippen molar-refractivity contribution in [1.29, 1.82) is 0 Å². The third-order valence-corrected chi connectivity index (χ3v) is 6.09. The molecule has 3 aliphatic heterocycles. The van der Waals surface area contributed by atoms with Crippen LogP contribution in [0.3, 0.4) is 0 Å². The Kier molecular flexibility index (Phi) is 4.95. The number of rotatable bonds is 3. The van der Waals surface area contributed by atoms with Gasteiger partial charge in [0.1, 0.15) is 5.75 Å². The van der Waals surface area contributed by atoms with E-state index in [4.69, 9.17) is 9.47 Å². The summed E-state index contributed by atoms with van der Waals surface area (Å²) in [6.45, 7) is 5.10. The van der Waals surface area contributed by atoms with Crippen molar-refractivity contribution in [3.05, 3.63) is 23.8 Å². The van der Waals surface area contributed by atoms with Crippen LogP contribution in [0.1, 0.15) is 29.6 Å². The van der Waals surface area contributed by atoms with Crippen molar-refractivity contribution in [2.24, 2.45) is 5.41 Å². The highest BCUT2D eigenvalue weighted by Crippen LogP contribution is 2.38. The van der Waals surface area contributed by atoms with Gasteiger partial charge in [0.2, 0.25) is 5.91 Å². The van der Waals surface area contributed by atoms with Gasteiger partial charge in [-0.1, -0.05) is 0 Å². The third-order valence-electron chi connectivity index (χ3n) is 6.09. The maximum Gasteiger partial charge on any atom is 0.253 e. The molecule has 1 spiro atoms. The molecule has 0 aromatic heterocycles. The number of methoxy groups -OCH3 is 1. The Morgan fingerprint density at radius 3 is 2.56 bits per heavy atom. The lowest BCUT2D eigenvalue weighted by molar-refractivity contribution is -0.119. The van der Waals surface area contributed by atoms with Gasteiger partial charge in [0, 0.05) is 44.7 Å². The molecule has 0 unspecified atom stereocenters. The first-order valence-electron chi connectivity index (χ1n) is 9.67. The van der Waals surface area contributed by atoms with E-state index >= 15 is 0 Å². The predicted molar refractivity (Wildman–Crippen MR) is 101 cm³/mol. The summed E-state index contributed by atoms with van der Waals surface area (Å²) in [5.41, 5.74) is 1.69. The molecular formula is C20H27N3O4. The average molecular weight is 373 g/mol. The van der Waals surface area contributed by atoms with E-state index in [1.807, 2.05) is 23.1 Å². The standard InChI is InChI=1S/C20H27N3O4/c1-26-17-3-2-15(12-16(17)22-8-10-27-11-9-22)19(25)23-6-4-20(5-7-23)13-18(24)21-14-20/h2-3,12H,4-11,13-14H2,1H3,(H,21,24). The quantitative estimate of drug-likeness (QED) is 0.864. The van der Waals surface area contributed by atoms with E-state index in [0.717, 1.165) is 43.9 Å². The number of anilines is 1. The number of nitrogens with zero attached hydrogens (tertiary/aromatic N) is 2. The largest absolute Gasteiger partial charge is 0.495 e. The SMILES string of the molecule is COc1ccc(C(=O)N2CCC3(CC2)CNC(=O)C3)cc1N1CCOCC1. The van der Waals surface area contributed by atoms with E-state index in [0.29, 0.717) is 38.3 Å². The Labute approximate surface area is 159 Å². The molecule has 3 aliphatic rings. The fourth-order valence-electron chi connectivity index (χ4n) is 4.35. The first kappa shape index (κ1) is 18.1. The first-order valence-corrected chi connectivity index (χ1v) is 9.67. The number of likely N-dealkylation sites (tertiary alicyclic amines) is 1. The summed E-state index contributed by atoms with van der Waals surface area (Å²) < 4.78 is 10.9. The number of carbonyl (C=O) groups excluding carboxylic acids is 2. The number of morpholine rings is 1. The number of carbonyl (C=O) groups is 2. The second kappa shape index (κ2) is 7.38. The highest BCUT2D eigenvalue weighted by Gasteiger charge is 2.41. The lowest BCUT2D eigenvalue weighted by Crippen LogP contribution is -2.44. The Bertz CT molecular complexity index is 722. The van der Waals surface area contributed by atoms with Crippen LogP contribution in [-0.2, 0) is 9.53 Å². The molecule has 3 heterocycles. The van der Waals surface area contributed by atoms with Crippen LogP contribution in [0.4, 0.5) is 5.69 Å². The lowest BCUT2D eigenvalue weighted by atomic mass is 9.77. The molecule has 3 saturated heterocycles. The van der Waals surface area contributed by atoms with Crippen LogP contribution in [0.5, 0.6) is 5.75 Å². The van der Waals surface area contributed by atoms with Crippen LogP contribution >= 0.6 is 0 Å². The molecule has 0 radical (unpaired) electrons. The number of amides is 2. The summed E-state index contributed by atoms with van der Waals surface area (Å²) in [6, 6.07) is 5.66. The number of benzene rings is 1. The fraction of sp³-hybridized carbons (Fsp3) is 0.600. The number of nitrogens with one attached hydrogen (secondary N) is 1. The van der Waals surface area contributed by atoms with Crippen molar-refractivity contribution in [2.75, 3.05) is 57.9 Å². The van der Waals surface area contributed by atoms with Crippen LogP contribution < -0.4 is 15.0 Å².